The van der Waals surface area contributed by atoms with Crippen molar-refractivity contribution in [3.8, 4) is 5.75 Å². The van der Waals surface area contributed by atoms with Gasteiger partial charge in [0.25, 0.3) is 0 Å². The van der Waals surface area contributed by atoms with E-state index in [1.807, 2.05) is 18.2 Å². The maximum atomic E-state index is 6.18. The zero-order valence-corrected chi connectivity index (χ0v) is 13.5. The summed E-state index contributed by atoms with van der Waals surface area (Å²) in [5, 5.41) is 0.663. The number of halogens is 1. The summed E-state index contributed by atoms with van der Waals surface area (Å²) < 4.78 is 5.69. The lowest BCUT2D eigenvalue weighted by atomic mass is 9.86. The van der Waals surface area contributed by atoms with Crippen molar-refractivity contribution >= 4 is 11.6 Å². The van der Waals surface area contributed by atoms with Gasteiger partial charge in [0.05, 0.1) is 6.04 Å². The maximum Gasteiger partial charge on any atom is 0.120 e. The molecule has 3 heteroatoms. The van der Waals surface area contributed by atoms with Crippen LogP contribution in [0.1, 0.15) is 37.9 Å². The van der Waals surface area contributed by atoms with Gasteiger partial charge in [-0.25, -0.2) is 0 Å². The monoisotopic (exact) mass is 303 g/mol. The van der Waals surface area contributed by atoms with E-state index < -0.39 is 0 Å². The molecule has 21 heavy (non-hydrogen) atoms. The van der Waals surface area contributed by atoms with Crippen LogP contribution in [0.2, 0.25) is 5.02 Å². The Balaban J connectivity index is 1.99. The Morgan fingerprint density at radius 3 is 2.33 bits per heavy atom. The first-order valence-electron chi connectivity index (χ1n) is 7.10. The molecule has 2 N–H and O–H groups in total. The van der Waals surface area contributed by atoms with Crippen LogP contribution < -0.4 is 10.5 Å². The Morgan fingerprint density at radius 2 is 1.76 bits per heavy atom. The van der Waals surface area contributed by atoms with Crippen molar-refractivity contribution in [2.24, 2.45) is 5.73 Å². The Bertz CT molecular complexity index is 587. The van der Waals surface area contributed by atoms with Crippen LogP contribution >= 0.6 is 11.6 Å². The first-order chi connectivity index (χ1) is 9.86. The smallest absolute Gasteiger partial charge is 0.120 e. The molecule has 0 fully saturated rings. The molecule has 2 aromatic carbocycles. The minimum atomic E-state index is -0.155. The van der Waals surface area contributed by atoms with E-state index in [0.717, 1.165) is 11.3 Å². The average molecular weight is 304 g/mol. The van der Waals surface area contributed by atoms with Crippen LogP contribution in [0.3, 0.4) is 0 Å². The molecule has 0 aliphatic carbocycles. The molecule has 0 aliphatic heterocycles. The van der Waals surface area contributed by atoms with Gasteiger partial charge in [-0.05, 0) is 34.7 Å². The molecule has 0 spiro atoms. The molecule has 0 aliphatic rings. The third-order valence-electron chi connectivity index (χ3n) is 3.43. The van der Waals surface area contributed by atoms with Crippen molar-refractivity contribution in [2.75, 3.05) is 6.61 Å². The van der Waals surface area contributed by atoms with Gasteiger partial charge in [-0.15, -0.1) is 0 Å². The van der Waals surface area contributed by atoms with Gasteiger partial charge in [0.2, 0.25) is 0 Å². The van der Waals surface area contributed by atoms with Gasteiger partial charge in [0.1, 0.15) is 12.4 Å². The fraction of sp³-hybridized carbons (Fsp3) is 0.333. The van der Waals surface area contributed by atoms with E-state index in [0.29, 0.717) is 11.6 Å². The molecule has 0 radical (unpaired) electrons. The summed E-state index contributed by atoms with van der Waals surface area (Å²) >= 11 is 5.93. The molecule has 0 saturated heterocycles. The summed E-state index contributed by atoms with van der Waals surface area (Å²) in [6.45, 7) is 7.02. The summed E-state index contributed by atoms with van der Waals surface area (Å²) in [5.74, 6) is 0.740. The first-order valence-corrected chi connectivity index (χ1v) is 7.48. The van der Waals surface area contributed by atoms with Gasteiger partial charge < -0.3 is 10.5 Å². The minimum absolute atomic E-state index is 0.153. The van der Waals surface area contributed by atoms with Crippen LogP contribution in [0, 0.1) is 0 Å². The van der Waals surface area contributed by atoms with Crippen molar-refractivity contribution in [1.82, 2.24) is 0 Å². The van der Waals surface area contributed by atoms with Crippen LogP contribution in [-0.2, 0) is 5.41 Å². The summed E-state index contributed by atoms with van der Waals surface area (Å²) in [5.41, 5.74) is 8.71. The van der Waals surface area contributed by atoms with Crippen molar-refractivity contribution in [2.45, 2.75) is 32.2 Å². The van der Waals surface area contributed by atoms with Crippen molar-refractivity contribution < 1.29 is 4.74 Å². The molecule has 1 unspecified atom stereocenters. The van der Waals surface area contributed by atoms with Crippen molar-refractivity contribution in [1.29, 1.82) is 0 Å². The molecule has 0 aromatic heterocycles. The number of benzene rings is 2. The number of hydrogen-bond acceptors (Lipinski definition) is 2. The second-order valence-electron chi connectivity index (χ2n) is 6.25. The lowest BCUT2D eigenvalue weighted by Crippen LogP contribution is -2.19. The van der Waals surface area contributed by atoms with Crippen molar-refractivity contribution in [3.63, 3.8) is 0 Å². The van der Waals surface area contributed by atoms with E-state index in [-0.39, 0.29) is 11.5 Å². The predicted octanol–water partition coefficient (Wildman–Crippen LogP) is 4.72. The summed E-state index contributed by atoms with van der Waals surface area (Å²) in [6, 6.07) is 15.6. The van der Waals surface area contributed by atoms with Gasteiger partial charge in [-0.3, -0.25) is 0 Å². The summed E-state index contributed by atoms with van der Waals surface area (Å²) in [4.78, 5) is 0. The Labute approximate surface area is 131 Å². The SMILES string of the molecule is CC(C)(C)c1ccc(C(N)COc2cccc(Cl)c2)cc1. The zero-order valence-electron chi connectivity index (χ0n) is 12.8. The van der Waals surface area contributed by atoms with E-state index in [1.54, 1.807) is 6.07 Å². The van der Waals surface area contributed by atoms with E-state index in [2.05, 4.69) is 45.0 Å². The molecule has 2 aromatic rings. The second-order valence-corrected chi connectivity index (χ2v) is 6.68. The topological polar surface area (TPSA) is 35.2 Å². The predicted molar refractivity (Wildman–Crippen MR) is 89.0 cm³/mol. The Morgan fingerprint density at radius 1 is 1.10 bits per heavy atom. The highest BCUT2D eigenvalue weighted by Crippen LogP contribution is 2.24. The first kappa shape index (κ1) is 15.9. The maximum absolute atomic E-state index is 6.18. The van der Waals surface area contributed by atoms with Gasteiger partial charge in [0, 0.05) is 5.02 Å². The van der Waals surface area contributed by atoms with Crippen LogP contribution in [0.15, 0.2) is 48.5 Å². The molecular formula is C18H22ClNO. The Kier molecular flexibility index (Phi) is 4.92. The normalized spacial score (nSPS) is 13.0. The van der Waals surface area contributed by atoms with Crippen LogP contribution in [0.25, 0.3) is 0 Å². The van der Waals surface area contributed by atoms with Crippen LogP contribution in [0.4, 0.5) is 0 Å². The standard InChI is InChI=1S/C18H22ClNO/c1-18(2,3)14-9-7-13(8-10-14)17(20)12-21-16-6-4-5-15(19)11-16/h4-11,17H,12,20H2,1-3H3. The molecular weight excluding hydrogens is 282 g/mol. The van der Waals surface area contributed by atoms with E-state index >= 15 is 0 Å². The summed E-state index contributed by atoms with van der Waals surface area (Å²) in [6.07, 6.45) is 0. The molecule has 0 bridgehead atoms. The lowest BCUT2D eigenvalue weighted by Gasteiger charge is -2.20. The lowest BCUT2D eigenvalue weighted by molar-refractivity contribution is 0.290. The van der Waals surface area contributed by atoms with E-state index in [4.69, 9.17) is 22.1 Å². The molecule has 0 heterocycles. The van der Waals surface area contributed by atoms with Gasteiger partial charge in [-0.2, -0.15) is 0 Å². The van der Waals surface area contributed by atoms with Crippen LogP contribution in [0.5, 0.6) is 5.75 Å². The average Bonchev–Trinajstić information content (AvgIpc) is 2.44. The number of ether oxygens (including phenoxy) is 1. The van der Waals surface area contributed by atoms with E-state index in [1.165, 1.54) is 5.56 Å². The van der Waals surface area contributed by atoms with Crippen molar-refractivity contribution in [3.05, 3.63) is 64.7 Å². The summed E-state index contributed by atoms with van der Waals surface area (Å²) in [7, 11) is 0. The Hall–Kier alpha value is -1.51. The van der Waals surface area contributed by atoms with Gasteiger partial charge in [-0.1, -0.05) is 62.7 Å². The van der Waals surface area contributed by atoms with E-state index in [9.17, 15) is 0 Å². The molecule has 2 rings (SSSR count). The molecule has 0 saturated carbocycles. The molecule has 0 amide bonds. The number of hydrogen-bond donors (Lipinski definition) is 1. The zero-order chi connectivity index (χ0) is 15.5. The third kappa shape index (κ3) is 4.48. The highest BCUT2D eigenvalue weighted by atomic mass is 35.5. The highest BCUT2D eigenvalue weighted by molar-refractivity contribution is 6.30. The third-order valence-corrected chi connectivity index (χ3v) is 3.67. The largest absolute Gasteiger partial charge is 0.492 e. The minimum Gasteiger partial charge on any atom is -0.492 e. The van der Waals surface area contributed by atoms with Gasteiger partial charge >= 0.3 is 0 Å². The highest BCUT2D eigenvalue weighted by Gasteiger charge is 2.14. The fourth-order valence-corrected chi connectivity index (χ4v) is 2.25. The number of rotatable bonds is 4. The quantitative estimate of drug-likeness (QED) is 0.887. The van der Waals surface area contributed by atoms with Gasteiger partial charge in [0.15, 0.2) is 0 Å². The second kappa shape index (κ2) is 6.50. The molecule has 112 valence electrons. The molecule has 1 atom stereocenters. The number of nitrogens with two attached hydrogens (primary N) is 1. The molecule has 2 nitrogen and oxygen atoms in total. The van der Waals surface area contributed by atoms with Crippen LogP contribution in [-0.4, -0.2) is 6.61 Å². The fourth-order valence-electron chi connectivity index (χ4n) is 2.07.